The molecule has 0 aromatic carbocycles. The molecule has 10 heterocycles. The minimum Gasteiger partial charge on any atom is -0.389 e. The van der Waals surface area contributed by atoms with Crippen molar-refractivity contribution in [1.29, 1.82) is 0 Å². The molecule has 10 aliphatic rings. The number of ketones is 1. The molecule has 12 nitrogen and oxygen atoms in total. The van der Waals surface area contributed by atoms with Crippen molar-refractivity contribution < 1.29 is 52.5 Å². The van der Waals surface area contributed by atoms with E-state index in [0.717, 1.165) is 49.7 Å². The lowest BCUT2D eigenvalue weighted by molar-refractivity contribution is -0.292. The fourth-order valence-electron chi connectivity index (χ4n) is 11.1. The maximum Gasteiger partial charge on any atom is 0.172 e. The molecule has 10 saturated heterocycles. The Labute approximate surface area is 300 Å². The highest BCUT2D eigenvalue weighted by atomic mass is 16.8. The van der Waals surface area contributed by atoms with Gasteiger partial charge in [0.15, 0.2) is 5.79 Å². The summed E-state index contributed by atoms with van der Waals surface area (Å²) in [4.78, 5) is 14.0. The minimum absolute atomic E-state index is 0.0215. The largest absolute Gasteiger partial charge is 0.389 e. The minimum atomic E-state index is -0.922. The van der Waals surface area contributed by atoms with E-state index in [0.29, 0.717) is 25.7 Å². The number of aliphatic hydroxyl groups excluding tert-OH is 1. The molecule has 3 N–H and O–H groups in total. The van der Waals surface area contributed by atoms with Crippen molar-refractivity contribution in [3.05, 3.63) is 24.3 Å². The molecule has 12 heteroatoms. The van der Waals surface area contributed by atoms with Crippen LogP contribution < -0.4 is 5.73 Å². The first kappa shape index (κ1) is 35.4. The monoisotopic (exact) mass is 715 g/mol. The van der Waals surface area contributed by atoms with E-state index in [1.54, 1.807) is 7.11 Å². The van der Waals surface area contributed by atoms with Gasteiger partial charge in [-0.3, -0.25) is 4.79 Å². The zero-order valence-electron chi connectivity index (χ0n) is 30.1. The summed E-state index contributed by atoms with van der Waals surface area (Å²) in [7, 11) is 1.61. The van der Waals surface area contributed by atoms with Gasteiger partial charge >= 0.3 is 0 Å². The highest BCUT2D eigenvalue weighted by molar-refractivity contribution is 5.79. The molecule has 284 valence electrons. The molecule has 0 radical (unpaired) electrons. The van der Waals surface area contributed by atoms with Crippen molar-refractivity contribution in [1.82, 2.24) is 0 Å². The summed E-state index contributed by atoms with van der Waals surface area (Å²) in [5.41, 5.74) is 8.09. The Balaban J connectivity index is 1.000. The maximum atomic E-state index is 14.0. The van der Waals surface area contributed by atoms with E-state index in [9.17, 15) is 9.90 Å². The summed E-state index contributed by atoms with van der Waals surface area (Å²) in [6.07, 6.45) is 3.61. The van der Waals surface area contributed by atoms with E-state index in [2.05, 4.69) is 20.1 Å². The van der Waals surface area contributed by atoms with Crippen LogP contribution >= 0.6 is 0 Å². The quantitative estimate of drug-likeness (QED) is 0.415. The smallest absolute Gasteiger partial charge is 0.172 e. The molecular formula is C39H57NO11. The first-order chi connectivity index (χ1) is 24.6. The summed E-state index contributed by atoms with van der Waals surface area (Å²) in [5, 5.41) is 10.9. The number of methoxy groups -OCH3 is 1. The Bertz CT molecular complexity index is 1360. The predicted octanol–water partition coefficient (Wildman–Crippen LogP) is 3.05. The van der Waals surface area contributed by atoms with Crippen molar-refractivity contribution in [2.75, 3.05) is 13.7 Å². The first-order valence-electron chi connectivity index (χ1n) is 19.7. The zero-order chi connectivity index (χ0) is 35.2. The Morgan fingerprint density at radius 2 is 1.55 bits per heavy atom. The number of ether oxygens (including phenoxy) is 9. The van der Waals surface area contributed by atoms with Gasteiger partial charge in [-0.2, -0.15) is 0 Å². The molecule has 10 rings (SSSR count). The lowest BCUT2D eigenvalue weighted by atomic mass is 9.81. The zero-order valence-corrected chi connectivity index (χ0v) is 30.1. The average molecular weight is 716 g/mol. The number of fused-ring (bicyclic) bond motifs is 6. The van der Waals surface area contributed by atoms with Crippen molar-refractivity contribution >= 4 is 5.78 Å². The van der Waals surface area contributed by atoms with Crippen molar-refractivity contribution in [2.45, 2.75) is 187 Å². The summed E-state index contributed by atoms with van der Waals surface area (Å²) in [6, 6.07) is 0. The van der Waals surface area contributed by atoms with Crippen LogP contribution in [0, 0.1) is 11.8 Å². The molecule has 0 aromatic rings. The van der Waals surface area contributed by atoms with Crippen molar-refractivity contribution in [3.63, 3.8) is 0 Å². The van der Waals surface area contributed by atoms with Gasteiger partial charge in [0.25, 0.3) is 0 Å². The number of nitrogens with two attached hydrogens (primary N) is 1. The van der Waals surface area contributed by atoms with Gasteiger partial charge < -0.3 is 53.5 Å². The third-order valence-corrected chi connectivity index (χ3v) is 13.8. The number of hydrogen-bond acceptors (Lipinski definition) is 12. The van der Waals surface area contributed by atoms with E-state index in [1.807, 2.05) is 0 Å². The van der Waals surface area contributed by atoms with E-state index in [4.69, 9.17) is 48.4 Å². The molecule has 10 aliphatic heterocycles. The van der Waals surface area contributed by atoms with Crippen LogP contribution in [0.25, 0.3) is 0 Å². The van der Waals surface area contributed by atoms with Crippen LogP contribution in [-0.4, -0.2) is 128 Å². The Kier molecular flexibility index (Phi) is 9.57. The van der Waals surface area contributed by atoms with Crippen molar-refractivity contribution in [2.24, 2.45) is 17.6 Å². The number of aliphatic hydroxyl groups is 1. The molecule has 51 heavy (non-hydrogen) atoms. The van der Waals surface area contributed by atoms with Crippen LogP contribution in [0.3, 0.4) is 0 Å². The van der Waals surface area contributed by atoms with Crippen LogP contribution in [0.2, 0.25) is 0 Å². The van der Waals surface area contributed by atoms with Gasteiger partial charge in [0.2, 0.25) is 0 Å². The highest BCUT2D eigenvalue weighted by Crippen LogP contribution is 2.54. The molecule has 0 amide bonds. The van der Waals surface area contributed by atoms with Crippen LogP contribution in [0.1, 0.15) is 84.0 Å². The van der Waals surface area contributed by atoms with Gasteiger partial charge in [0.05, 0.1) is 61.0 Å². The average Bonchev–Trinajstić information content (AvgIpc) is 3.79. The van der Waals surface area contributed by atoms with Gasteiger partial charge in [-0.1, -0.05) is 20.1 Å². The van der Waals surface area contributed by atoms with Crippen LogP contribution in [0.5, 0.6) is 0 Å². The second-order valence-corrected chi connectivity index (χ2v) is 17.0. The summed E-state index contributed by atoms with van der Waals surface area (Å²) in [5.74, 6) is -0.734. The van der Waals surface area contributed by atoms with Gasteiger partial charge in [-0.15, -0.1) is 0 Å². The first-order valence-corrected chi connectivity index (χ1v) is 19.7. The lowest BCUT2D eigenvalue weighted by Crippen LogP contribution is -2.61. The third kappa shape index (κ3) is 6.32. The molecule has 1 spiro atoms. The maximum absolute atomic E-state index is 14.0. The number of rotatable bonds is 3. The van der Waals surface area contributed by atoms with Crippen LogP contribution in [-0.2, 0) is 47.4 Å². The number of carbonyl (C=O) groups excluding carboxylic acids is 1. The van der Waals surface area contributed by atoms with Gasteiger partial charge in [0, 0.05) is 51.7 Å². The SMILES string of the molecule is C=C1C[C@@H]2CC[C@@]34C[C@H]5O[C@H]6[C@@H](O3)[C@H]3O[C@H](CC[C@@H]3O[C@H]6[C@H]5O4)CC(=O)C[C@H]3C(CC4OC(CCC1O2)C[C@@H](C)C4=C)OC([C@@H](O)CN)[C@@H]3OC. The van der Waals surface area contributed by atoms with E-state index in [-0.39, 0.29) is 116 Å². The number of hydrogen-bond donors (Lipinski definition) is 2. The van der Waals surface area contributed by atoms with E-state index in [1.165, 1.54) is 0 Å². The second kappa shape index (κ2) is 13.8. The van der Waals surface area contributed by atoms with Gasteiger partial charge in [0.1, 0.15) is 42.4 Å². The molecule has 0 aromatic heterocycles. The van der Waals surface area contributed by atoms with E-state index < -0.39 is 24.1 Å². The summed E-state index contributed by atoms with van der Waals surface area (Å²) < 4.78 is 59.7. The number of Topliss-reactive ketones (excluding diaryl/α,β-unsaturated/α-hetero) is 1. The number of carbonyl (C=O) groups is 1. The fourth-order valence-corrected chi connectivity index (χ4v) is 11.1. The molecule has 5 unspecified atom stereocenters. The van der Waals surface area contributed by atoms with Gasteiger partial charge in [-0.25, -0.2) is 0 Å². The second-order valence-electron chi connectivity index (χ2n) is 17.0. The highest BCUT2D eigenvalue weighted by Gasteiger charge is 2.68. The van der Waals surface area contributed by atoms with Crippen LogP contribution in [0.4, 0.5) is 0 Å². The fraction of sp³-hybridized carbons (Fsp3) is 0.872. The molecular weight excluding hydrogens is 658 g/mol. The topological polar surface area (TPSA) is 146 Å². The molecule has 0 aliphatic carbocycles. The van der Waals surface area contributed by atoms with Crippen LogP contribution in [0.15, 0.2) is 24.3 Å². The Morgan fingerprint density at radius 1 is 0.804 bits per heavy atom. The summed E-state index contributed by atoms with van der Waals surface area (Å²) >= 11 is 0. The Hall–Kier alpha value is -1.29. The Morgan fingerprint density at radius 3 is 2.37 bits per heavy atom. The molecule has 19 atom stereocenters. The molecule has 12 bridgehead atoms. The predicted molar refractivity (Wildman–Crippen MR) is 182 cm³/mol. The summed E-state index contributed by atoms with van der Waals surface area (Å²) in [6.45, 7) is 11.1. The van der Waals surface area contributed by atoms with Gasteiger partial charge in [-0.05, 0) is 62.0 Å². The lowest BCUT2D eigenvalue weighted by Gasteiger charge is -2.47. The van der Waals surface area contributed by atoms with E-state index >= 15 is 0 Å². The molecule has 0 saturated carbocycles. The standard InChI is InChI=1S/C39H57NO11/c1-18-11-22-5-7-27-19(2)12-24(44-27)9-10-39-16-31-35(50-39)36-37(49-31)38(51-39)34-28(47-36)8-6-23(46-34)13-21(41)14-25-30(15-29(45-22)20(18)3)48-33(26(42)17-40)32(25)43-4/h18,22-38,42H,2-3,5-17,40H2,1,4H3/t18-,22?,23-,24+,25+,26+,27?,28+,29?,30?,31-,32-,33?,34+,35+,36+,37-,38+,39+/m1/s1. The third-order valence-electron chi connectivity index (χ3n) is 13.8. The van der Waals surface area contributed by atoms with Crippen molar-refractivity contribution in [3.8, 4) is 0 Å². The molecule has 10 fully saturated rings. The normalized spacial score (nSPS) is 53.2.